The van der Waals surface area contributed by atoms with Crippen LogP contribution >= 0.6 is 11.6 Å². The second-order valence-electron chi connectivity index (χ2n) is 4.92. The van der Waals surface area contributed by atoms with Crippen molar-refractivity contribution in [3.63, 3.8) is 0 Å². The molecule has 132 valence electrons. The van der Waals surface area contributed by atoms with Crippen molar-refractivity contribution in [2.24, 2.45) is 5.73 Å². The Morgan fingerprint density at radius 3 is 2.32 bits per heavy atom. The van der Waals surface area contributed by atoms with Crippen molar-refractivity contribution in [3.05, 3.63) is 58.6 Å². The average molecular weight is 373 g/mol. The molecular formula is C16H12ClF3N2O3. The Morgan fingerprint density at radius 1 is 1.12 bits per heavy atom. The smallest absolute Gasteiger partial charge is 0.417 e. The summed E-state index contributed by atoms with van der Waals surface area (Å²) >= 11 is 5.50. The normalized spacial score (nSPS) is 11.0. The fourth-order valence-electron chi connectivity index (χ4n) is 1.88. The lowest BCUT2D eigenvalue weighted by molar-refractivity contribution is -0.137. The summed E-state index contributed by atoms with van der Waals surface area (Å²) < 4.78 is 43.5. The third kappa shape index (κ3) is 5.12. The fraction of sp³-hybridized carbons (Fsp3) is 0.125. The Hall–Kier alpha value is -2.74. The number of benzene rings is 2. The first-order valence-electron chi connectivity index (χ1n) is 6.86. The predicted molar refractivity (Wildman–Crippen MR) is 85.5 cm³/mol. The van der Waals surface area contributed by atoms with Crippen molar-refractivity contribution in [1.82, 2.24) is 0 Å². The van der Waals surface area contributed by atoms with E-state index >= 15 is 0 Å². The third-order valence-electron chi connectivity index (χ3n) is 3.06. The van der Waals surface area contributed by atoms with Gasteiger partial charge < -0.3 is 15.8 Å². The van der Waals surface area contributed by atoms with E-state index in [0.29, 0.717) is 5.75 Å². The van der Waals surface area contributed by atoms with Gasteiger partial charge in [0.15, 0.2) is 6.61 Å². The number of rotatable bonds is 5. The lowest BCUT2D eigenvalue weighted by Gasteiger charge is -2.12. The molecule has 5 nitrogen and oxygen atoms in total. The van der Waals surface area contributed by atoms with E-state index in [1.54, 1.807) is 0 Å². The van der Waals surface area contributed by atoms with E-state index < -0.39 is 35.2 Å². The van der Waals surface area contributed by atoms with Crippen LogP contribution in [0.25, 0.3) is 0 Å². The van der Waals surface area contributed by atoms with Crippen molar-refractivity contribution < 1.29 is 27.5 Å². The third-order valence-corrected chi connectivity index (χ3v) is 3.39. The van der Waals surface area contributed by atoms with Gasteiger partial charge in [0, 0.05) is 11.3 Å². The van der Waals surface area contributed by atoms with Crippen LogP contribution in [0.5, 0.6) is 5.75 Å². The van der Waals surface area contributed by atoms with Crippen LogP contribution in [0.4, 0.5) is 18.9 Å². The van der Waals surface area contributed by atoms with E-state index in [4.69, 9.17) is 22.1 Å². The van der Waals surface area contributed by atoms with Gasteiger partial charge in [0.2, 0.25) is 5.91 Å². The number of carbonyl (C=O) groups is 2. The van der Waals surface area contributed by atoms with Crippen molar-refractivity contribution in [1.29, 1.82) is 0 Å². The monoisotopic (exact) mass is 372 g/mol. The van der Waals surface area contributed by atoms with E-state index in [2.05, 4.69) is 5.32 Å². The first-order valence-corrected chi connectivity index (χ1v) is 7.24. The summed E-state index contributed by atoms with van der Waals surface area (Å²) in [7, 11) is 0. The highest BCUT2D eigenvalue weighted by Crippen LogP contribution is 2.36. The maximum absolute atomic E-state index is 12.8. The first kappa shape index (κ1) is 18.6. The number of anilines is 1. The highest BCUT2D eigenvalue weighted by atomic mass is 35.5. The molecule has 0 atom stereocenters. The Labute approximate surface area is 145 Å². The van der Waals surface area contributed by atoms with Crippen molar-refractivity contribution in [3.8, 4) is 5.75 Å². The van der Waals surface area contributed by atoms with Crippen LogP contribution < -0.4 is 15.8 Å². The van der Waals surface area contributed by atoms with Gasteiger partial charge in [-0.2, -0.15) is 13.2 Å². The van der Waals surface area contributed by atoms with E-state index in [9.17, 15) is 22.8 Å². The minimum absolute atomic E-state index is 0.0607. The predicted octanol–water partition coefficient (Wildman–Crippen LogP) is 3.48. The van der Waals surface area contributed by atoms with Crippen LogP contribution in [-0.4, -0.2) is 18.4 Å². The Bertz CT molecular complexity index is 792. The minimum Gasteiger partial charge on any atom is -0.484 e. The average Bonchev–Trinajstić information content (AvgIpc) is 2.54. The van der Waals surface area contributed by atoms with Crippen molar-refractivity contribution in [2.75, 3.05) is 11.9 Å². The standard InChI is InChI=1S/C16H12ClF3N2O3/c17-13-6-3-10(7-12(13)16(18,19)20)22-14(23)8-25-11-4-1-9(2-5-11)15(21)24/h1-7H,8H2,(H2,21,24)(H,22,23). The molecule has 0 aliphatic heterocycles. The Morgan fingerprint density at radius 2 is 1.76 bits per heavy atom. The van der Waals surface area contributed by atoms with Crippen molar-refractivity contribution in [2.45, 2.75) is 6.18 Å². The maximum Gasteiger partial charge on any atom is 0.417 e. The number of hydrogen-bond donors (Lipinski definition) is 2. The van der Waals surface area contributed by atoms with Crippen LogP contribution in [0, 0.1) is 0 Å². The molecule has 0 spiro atoms. The summed E-state index contributed by atoms with van der Waals surface area (Å²) in [6.07, 6.45) is -4.63. The number of nitrogens with one attached hydrogen (secondary N) is 1. The summed E-state index contributed by atoms with van der Waals surface area (Å²) in [5.41, 5.74) is 4.26. The van der Waals surface area contributed by atoms with Crippen LogP contribution in [0.3, 0.4) is 0 Å². The molecule has 0 saturated heterocycles. The van der Waals surface area contributed by atoms with Gasteiger partial charge in [0.1, 0.15) is 5.75 Å². The lowest BCUT2D eigenvalue weighted by Crippen LogP contribution is -2.20. The van der Waals surface area contributed by atoms with Gasteiger partial charge in [0.25, 0.3) is 5.91 Å². The number of ether oxygens (including phenoxy) is 1. The molecule has 0 unspecified atom stereocenters. The molecule has 0 saturated carbocycles. The number of alkyl halides is 3. The summed E-state index contributed by atoms with van der Waals surface area (Å²) in [5, 5.41) is 1.82. The number of hydrogen-bond acceptors (Lipinski definition) is 3. The molecule has 0 aliphatic rings. The van der Waals surface area contributed by atoms with Crippen LogP contribution in [0.1, 0.15) is 15.9 Å². The van der Waals surface area contributed by atoms with E-state index in [-0.39, 0.29) is 11.3 Å². The molecule has 25 heavy (non-hydrogen) atoms. The van der Waals surface area contributed by atoms with Gasteiger partial charge in [-0.15, -0.1) is 0 Å². The molecule has 0 radical (unpaired) electrons. The molecule has 3 N–H and O–H groups in total. The van der Waals surface area contributed by atoms with Gasteiger partial charge in [0.05, 0.1) is 10.6 Å². The van der Waals surface area contributed by atoms with Gasteiger partial charge in [-0.25, -0.2) is 0 Å². The zero-order valence-electron chi connectivity index (χ0n) is 12.6. The molecule has 0 bridgehead atoms. The lowest BCUT2D eigenvalue weighted by atomic mass is 10.2. The van der Waals surface area contributed by atoms with Crippen molar-refractivity contribution >= 4 is 29.1 Å². The van der Waals surface area contributed by atoms with Crippen LogP contribution in [0.15, 0.2) is 42.5 Å². The van der Waals surface area contributed by atoms with E-state index in [1.807, 2.05) is 0 Å². The van der Waals surface area contributed by atoms with E-state index in [1.165, 1.54) is 30.3 Å². The van der Waals surface area contributed by atoms with E-state index in [0.717, 1.165) is 12.1 Å². The first-order chi connectivity index (χ1) is 11.7. The summed E-state index contributed by atoms with van der Waals surface area (Å²) in [5.74, 6) is -0.964. The number of nitrogens with two attached hydrogens (primary N) is 1. The molecular weight excluding hydrogens is 361 g/mol. The van der Waals surface area contributed by atoms with Gasteiger partial charge in [-0.1, -0.05) is 11.6 Å². The maximum atomic E-state index is 12.8. The van der Waals surface area contributed by atoms with Crippen LogP contribution in [0.2, 0.25) is 5.02 Å². The second kappa shape index (κ2) is 7.43. The molecule has 2 aromatic rings. The quantitative estimate of drug-likeness (QED) is 0.843. The largest absolute Gasteiger partial charge is 0.484 e. The number of carbonyl (C=O) groups excluding carboxylic acids is 2. The van der Waals surface area contributed by atoms with Gasteiger partial charge in [-0.3, -0.25) is 9.59 Å². The SMILES string of the molecule is NC(=O)c1ccc(OCC(=O)Nc2ccc(Cl)c(C(F)(F)F)c2)cc1. The zero-order chi connectivity index (χ0) is 18.6. The fourth-order valence-corrected chi connectivity index (χ4v) is 2.11. The number of primary amides is 1. The Balaban J connectivity index is 1.97. The number of halogens is 4. The molecule has 0 aliphatic carbocycles. The summed E-state index contributed by atoms with van der Waals surface area (Å²) in [6.45, 7) is -0.431. The molecule has 9 heteroatoms. The highest BCUT2D eigenvalue weighted by molar-refractivity contribution is 6.31. The molecule has 2 amide bonds. The minimum atomic E-state index is -4.63. The number of amides is 2. The topological polar surface area (TPSA) is 81.4 Å². The van der Waals surface area contributed by atoms with Gasteiger partial charge in [-0.05, 0) is 42.5 Å². The van der Waals surface area contributed by atoms with Gasteiger partial charge >= 0.3 is 6.18 Å². The zero-order valence-corrected chi connectivity index (χ0v) is 13.3. The van der Waals surface area contributed by atoms with Crippen LogP contribution in [-0.2, 0) is 11.0 Å². The summed E-state index contributed by atoms with van der Waals surface area (Å²) in [6, 6.07) is 8.76. The molecule has 2 aromatic carbocycles. The summed E-state index contributed by atoms with van der Waals surface area (Å²) in [4.78, 5) is 22.7. The molecule has 2 rings (SSSR count). The molecule has 0 aromatic heterocycles. The molecule has 0 fully saturated rings. The Kier molecular flexibility index (Phi) is 5.53. The highest BCUT2D eigenvalue weighted by Gasteiger charge is 2.33. The second-order valence-corrected chi connectivity index (χ2v) is 5.33. The molecule has 0 heterocycles.